The van der Waals surface area contributed by atoms with E-state index in [9.17, 15) is 10.1 Å². The van der Waals surface area contributed by atoms with Gasteiger partial charge in [-0.05, 0) is 18.4 Å². The van der Waals surface area contributed by atoms with Crippen LogP contribution in [0.3, 0.4) is 0 Å². The summed E-state index contributed by atoms with van der Waals surface area (Å²) >= 11 is 2.32. The summed E-state index contributed by atoms with van der Waals surface area (Å²) in [5.41, 5.74) is 6.67. The lowest BCUT2D eigenvalue weighted by molar-refractivity contribution is -0.402. The molecule has 11 heteroatoms. The molecule has 1 aromatic carbocycles. The first-order valence-electron chi connectivity index (χ1n) is 6.19. The van der Waals surface area contributed by atoms with Gasteiger partial charge in [0, 0.05) is 22.8 Å². The molecule has 9 nitrogen and oxygen atoms in total. The monoisotopic (exact) mass is 351 g/mol. The summed E-state index contributed by atoms with van der Waals surface area (Å²) in [5, 5.41) is 24.1. The number of anilines is 2. The summed E-state index contributed by atoms with van der Waals surface area (Å²) in [6.07, 6.45) is 2.65. The summed E-state index contributed by atoms with van der Waals surface area (Å²) in [6, 6.07) is 7.18. The number of aromatic nitrogens is 2. The average Bonchev–Trinajstić information content (AvgIpc) is 2.94. The van der Waals surface area contributed by atoms with Crippen molar-refractivity contribution in [2.75, 3.05) is 16.9 Å². The van der Waals surface area contributed by atoms with Gasteiger partial charge >= 0.3 is 0 Å². The van der Waals surface area contributed by atoms with Crippen LogP contribution in [-0.2, 0) is 0 Å². The van der Waals surface area contributed by atoms with Gasteiger partial charge in [0.05, 0.1) is 4.92 Å². The van der Waals surface area contributed by atoms with E-state index in [-0.39, 0.29) is 5.96 Å². The largest absolute Gasteiger partial charge is 0.370 e. The normalized spacial score (nSPS) is 11.1. The van der Waals surface area contributed by atoms with Crippen LogP contribution in [0.1, 0.15) is 0 Å². The van der Waals surface area contributed by atoms with E-state index >= 15 is 0 Å². The number of nitrogens with zero attached hydrogens (tertiary/aromatic N) is 3. The zero-order chi connectivity index (χ0) is 16.8. The fourth-order valence-electron chi connectivity index (χ4n) is 1.62. The Balaban J connectivity index is 2.21. The second kappa shape index (κ2) is 7.56. The van der Waals surface area contributed by atoms with Crippen LogP contribution in [0.15, 0.2) is 35.5 Å². The Bertz CT molecular complexity index is 759. The minimum absolute atomic E-state index is 0.211. The molecule has 2 aromatic rings. The fraction of sp³-hybridized carbons (Fsp3) is 0.0833. The van der Waals surface area contributed by atoms with E-state index in [0.717, 1.165) is 23.3 Å². The zero-order valence-electron chi connectivity index (χ0n) is 11.9. The van der Waals surface area contributed by atoms with Crippen molar-refractivity contribution in [3.05, 3.63) is 45.6 Å². The second-order valence-electron chi connectivity index (χ2n) is 4.15. The molecule has 120 valence electrons. The molecule has 23 heavy (non-hydrogen) atoms. The van der Waals surface area contributed by atoms with Gasteiger partial charge in [0.1, 0.15) is 5.03 Å². The van der Waals surface area contributed by atoms with Crippen LogP contribution in [0.5, 0.6) is 0 Å². The Morgan fingerprint density at radius 3 is 2.96 bits per heavy atom. The lowest BCUT2D eigenvalue weighted by atomic mass is 10.2. The van der Waals surface area contributed by atoms with Crippen molar-refractivity contribution in [1.29, 1.82) is 5.41 Å². The molecule has 2 rings (SSSR count). The molecule has 0 aliphatic heterocycles. The molecule has 0 unspecified atom stereocenters. The summed E-state index contributed by atoms with van der Waals surface area (Å²) < 4.78 is 4.19. The summed E-state index contributed by atoms with van der Waals surface area (Å²) in [5.74, 6) is 0.268. The SMILES string of the molecule is CS/C(=C\[N+](=O)[O-])Nc1cccc(-c2nsc(NC(=N)N)n2)c1. The van der Waals surface area contributed by atoms with Crippen molar-refractivity contribution in [1.82, 2.24) is 9.36 Å². The van der Waals surface area contributed by atoms with E-state index in [4.69, 9.17) is 11.1 Å². The maximum atomic E-state index is 10.6. The standard InChI is InChI=1S/C12H13N7O2S2/c1-22-9(6-19(20)21)15-8-4-2-3-7(5-8)10-16-12(23-18-10)17-11(13)14/h2-6,15H,1H3,(H4,13,14,16,17,18)/b9-6-. The van der Waals surface area contributed by atoms with Crippen molar-refractivity contribution in [3.63, 3.8) is 0 Å². The highest BCUT2D eigenvalue weighted by atomic mass is 32.2. The first-order valence-corrected chi connectivity index (χ1v) is 8.19. The number of thioether (sulfide) groups is 1. The van der Waals surface area contributed by atoms with Crippen LogP contribution in [0, 0.1) is 15.5 Å². The second-order valence-corrected chi connectivity index (χ2v) is 5.75. The number of guanidine groups is 1. The predicted molar refractivity (Wildman–Crippen MR) is 93.1 cm³/mol. The van der Waals surface area contributed by atoms with E-state index < -0.39 is 4.92 Å². The zero-order valence-corrected chi connectivity index (χ0v) is 13.6. The summed E-state index contributed by atoms with van der Waals surface area (Å²) in [6.45, 7) is 0. The smallest absolute Gasteiger partial charge is 0.264 e. The molecule has 5 N–H and O–H groups in total. The molecule has 0 atom stereocenters. The van der Waals surface area contributed by atoms with Crippen molar-refractivity contribution >= 4 is 40.1 Å². The van der Waals surface area contributed by atoms with Crippen LogP contribution in [0.4, 0.5) is 10.8 Å². The van der Waals surface area contributed by atoms with E-state index in [2.05, 4.69) is 20.0 Å². The van der Waals surface area contributed by atoms with Gasteiger partial charge in [-0.2, -0.15) is 9.36 Å². The molecular formula is C12H13N7O2S2. The molecule has 0 saturated carbocycles. The molecule has 1 aromatic heterocycles. The van der Waals surface area contributed by atoms with Crippen LogP contribution in [0.2, 0.25) is 0 Å². The lowest BCUT2D eigenvalue weighted by Crippen LogP contribution is -2.20. The third kappa shape index (κ3) is 4.93. The molecule has 0 radical (unpaired) electrons. The maximum Gasteiger partial charge on any atom is 0.264 e. The molecular weight excluding hydrogens is 338 g/mol. The van der Waals surface area contributed by atoms with Gasteiger partial charge in [0.15, 0.2) is 11.8 Å². The first-order chi connectivity index (χ1) is 11.0. The summed E-state index contributed by atoms with van der Waals surface area (Å²) in [7, 11) is 0. The van der Waals surface area contributed by atoms with E-state index in [1.807, 2.05) is 6.07 Å². The number of benzene rings is 1. The van der Waals surface area contributed by atoms with E-state index in [1.54, 1.807) is 24.5 Å². The van der Waals surface area contributed by atoms with Crippen molar-refractivity contribution in [2.45, 2.75) is 0 Å². The number of rotatable bonds is 6. The number of hydrogen-bond donors (Lipinski definition) is 4. The van der Waals surface area contributed by atoms with Gasteiger partial charge in [-0.1, -0.05) is 12.1 Å². The van der Waals surface area contributed by atoms with E-state index in [0.29, 0.717) is 21.7 Å². The Morgan fingerprint density at radius 1 is 1.52 bits per heavy atom. The highest BCUT2D eigenvalue weighted by Gasteiger charge is 2.09. The van der Waals surface area contributed by atoms with Crippen LogP contribution in [0.25, 0.3) is 11.4 Å². The summed E-state index contributed by atoms with van der Waals surface area (Å²) in [4.78, 5) is 14.3. The Kier molecular flexibility index (Phi) is 5.49. The van der Waals surface area contributed by atoms with Crippen molar-refractivity contribution in [3.8, 4) is 11.4 Å². The van der Waals surface area contributed by atoms with Crippen LogP contribution in [-0.4, -0.2) is 26.5 Å². The number of nitro groups is 1. The predicted octanol–water partition coefficient (Wildman–Crippen LogP) is 2.36. The Labute approximate surface area is 139 Å². The van der Waals surface area contributed by atoms with Gasteiger partial charge in [-0.25, -0.2) is 0 Å². The van der Waals surface area contributed by atoms with Gasteiger partial charge in [0.2, 0.25) is 5.13 Å². The minimum Gasteiger partial charge on any atom is -0.370 e. The maximum absolute atomic E-state index is 10.6. The third-order valence-corrected chi connectivity index (χ3v) is 3.78. The topological polar surface area (TPSA) is 143 Å². The Hall–Kier alpha value is -2.66. The quantitative estimate of drug-likeness (QED) is 0.269. The number of nitrogens with two attached hydrogens (primary N) is 1. The van der Waals surface area contributed by atoms with E-state index in [1.165, 1.54) is 11.8 Å². The van der Waals surface area contributed by atoms with Gasteiger partial charge in [-0.3, -0.25) is 15.5 Å². The molecule has 0 fully saturated rings. The minimum atomic E-state index is -0.510. The van der Waals surface area contributed by atoms with Crippen LogP contribution < -0.4 is 16.4 Å². The Morgan fingerprint density at radius 2 is 2.30 bits per heavy atom. The molecule has 0 saturated heterocycles. The highest BCUT2D eigenvalue weighted by Crippen LogP contribution is 2.25. The molecule has 1 heterocycles. The van der Waals surface area contributed by atoms with Crippen molar-refractivity contribution in [2.24, 2.45) is 5.73 Å². The molecule has 0 aliphatic carbocycles. The third-order valence-electron chi connectivity index (χ3n) is 2.50. The fourth-order valence-corrected chi connectivity index (χ4v) is 2.63. The first kappa shape index (κ1) is 16.7. The average molecular weight is 351 g/mol. The van der Waals surface area contributed by atoms with Crippen LogP contribution >= 0.6 is 23.3 Å². The highest BCUT2D eigenvalue weighted by molar-refractivity contribution is 8.02. The molecule has 0 spiro atoms. The molecule has 0 aliphatic rings. The van der Waals surface area contributed by atoms with Crippen molar-refractivity contribution < 1.29 is 4.92 Å². The van der Waals surface area contributed by atoms with Gasteiger partial charge in [-0.15, -0.1) is 11.8 Å². The number of nitrogens with one attached hydrogen (secondary N) is 3. The van der Waals surface area contributed by atoms with Gasteiger partial charge < -0.3 is 16.4 Å². The lowest BCUT2D eigenvalue weighted by Gasteiger charge is -2.07. The molecule has 0 amide bonds. The van der Waals surface area contributed by atoms with Gasteiger partial charge in [0.25, 0.3) is 6.20 Å². The molecule has 0 bridgehead atoms. The number of hydrogen-bond acceptors (Lipinski definition) is 8.